The van der Waals surface area contributed by atoms with Gasteiger partial charge in [-0.05, 0) is 31.6 Å². The predicted octanol–water partition coefficient (Wildman–Crippen LogP) is 0.850. The van der Waals surface area contributed by atoms with E-state index in [0.717, 1.165) is 19.3 Å². The molecule has 106 valence electrons. The first-order valence-corrected chi connectivity index (χ1v) is 6.85. The van der Waals surface area contributed by atoms with Crippen LogP contribution in [0.15, 0.2) is 12.7 Å². The second-order valence-electron chi connectivity index (χ2n) is 5.39. The highest BCUT2D eigenvalue weighted by Crippen LogP contribution is 2.34. The number of nitrogens with zero attached hydrogens (tertiary/aromatic N) is 4. The van der Waals surface area contributed by atoms with E-state index in [0.29, 0.717) is 13.1 Å². The van der Waals surface area contributed by atoms with Crippen LogP contribution in [0.1, 0.15) is 39.2 Å². The van der Waals surface area contributed by atoms with Crippen molar-refractivity contribution in [2.45, 2.75) is 39.2 Å². The molecule has 1 amide bonds. The normalized spacial score (nSPS) is 20.3. The molecule has 1 aromatic rings. The summed E-state index contributed by atoms with van der Waals surface area (Å²) in [6.45, 7) is 5.58. The lowest BCUT2D eigenvalue weighted by Crippen LogP contribution is -2.46. The van der Waals surface area contributed by atoms with Crippen LogP contribution in [0.2, 0.25) is 0 Å². The van der Waals surface area contributed by atoms with Crippen LogP contribution in [-0.4, -0.2) is 50.4 Å². The smallest absolute Gasteiger partial charge is 0.247 e. The van der Waals surface area contributed by atoms with Gasteiger partial charge in [0.1, 0.15) is 18.7 Å². The van der Waals surface area contributed by atoms with E-state index in [2.05, 4.69) is 17.0 Å². The number of rotatable bonds is 4. The van der Waals surface area contributed by atoms with Gasteiger partial charge in [-0.2, -0.15) is 5.10 Å². The summed E-state index contributed by atoms with van der Waals surface area (Å²) in [6, 6.07) is -0.314. The van der Waals surface area contributed by atoms with Crippen molar-refractivity contribution in [2.24, 2.45) is 5.41 Å². The minimum Gasteiger partial charge on any atom is -0.396 e. The van der Waals surface area contributed by atoms with Crippen LogP contribution < -0.4 is 0 Å². The van der Waals surface area contributed by atoms with Crippen molar-refractivity contribution in [2.75, 3.05) is 19.7 Å². The van der Waals surface area contributed by atoms with Gasteiger partial charge in [-0.15, -0.1) is 0 Å². The van der Waals surface area contributed by atoms with Crippen molar-refractivity contribution in [1.29, 1.82) is 0 Å². The molecule has 1 atom stereocenters. The molecule has 0 radical (unpaired) electrons. The van der Waals surface area contributed by atoms with Crippen LogP contribution in [0.25, 0.3) is 0 Å². The molecular weight excluding hydrogens is 244 g/mol. The van der Waals surface area contributed by atoms with Crippen molar-refractivity contribution in [3.8, 4) is 0 Å². The number of aromatic nitrogens is 3. The fourth-order valence-electron chi connectivity index (χ4n) is 2.62. The second kappa shape index (κ2) is 5.69. The van der Waals surface area contributed by atoms with Crippen LogP contribution in [0.3, 0.4) is 0 Å². The summed E-state index contributed by atoms with van der Waals surface area (Å²) < 4.78 is 1.58. The Morgan fingerprint density at radius 1 is 1.47 bits per heavy atom. The van der Waals surface area contributed by atoms with Gasteiger partial charge >= 0.3 is 0 Å². The van der Waals surface area contributed by atoms with E-state index in [9.17, 15) is 9.90 Å². The molecule has 2 rings (SSSR count). The van der Waals surface area contributed by atoms with Crippen molar-refractivity contribution < 1.29 is 9.90 Å². The molecule has 0 bridgehead atoms. The number of piperidine rings is 1. The van der Waals surface area contributed by atoms with Crippen LogP contribution in [0.4, 0.5) is 0 Å². The molecule has 1 fully saturated rings. The maximum absolute atomic E-state index is 12.4. The van der Waals surface area contributed by atoms with Gasteiger partial charge < -0.3 is 10.0 Å². The molecular formula is C13H22N4O2. The van der Waals surface area contributed by atoms with Crippen molar-refractivity contribution >= 4 is 5.91 Å². The zero-order valence-electron chi connectivity index (χ0n) is 11.6. The Morgan fingerprint density at radius 3 is 2.63 bits per heavy atom. The molecule has 6 heteroatoms. The lowest BCUT2D eigenvalue weighted by atomic mass is 9.77. The van der Waals surface area contributed by atoms with Gasteiger partial charge in [0, 0.05) is 19.7 Å². The quantitative estimate of drug-likeness (QED) is 0.877. The van der Waals surface area contributed by atoms with Crippen molar-refractivity contribution in [3.63, 3.8) is 0 Å². The van der Waals surface area contributed by atoms with Gasteiger partial charge in [-0.3, -0.25) is 4.79 Å². The summed E-state index contributed by atoms with van der Waals surface area (Å²) in [5.74, 6) is 0.0770. The van der Waals surface area contributed by atoms with Crippen LogP contribution in [0.5, 0.6) is 0 Å². The molecule has 2 heterocycles. The van der Waals surface area contributed by atoms with Crippen LogP contribution in [-0.2, 0) is 4.79 Å². The maximum atomic E-state index is 12.4. The first kappa shape index (κ1) is 14.0. The zero-order chi connectivity index (χ0) is 13.9. The molecule has 1 saturated heterocycles. The van der Waals surface area contributed by atoms with Crippen LogP contribution in [0, 0.1) is 5.41 Å². The molecule has 0 aromatic carbocycles. The lowest BCUT2D eigenvalue weighted by molar-refractivity contribution is -0.137. The molecule has 0 aliphatic carbocycles. The summed E-state index contributed by atoms with van der Waals surface area (Å²) in [5, 5.41) is 13.5. The Morgan fingerprint density at radius 2 is 2.16 bits per heavy atom. The average Bonchev–Trinajstić information content (AvgIpc) is 3.00. The predicted molar refractivity (Wildman–Crippen MR) is 70.4 cm³/mol. The molecule has 0 saturated carbocycles. The van der Waals surface area contributed by atoms with Crippen molar-refractivity contribution in [3.05, 3.63) is 12.7 Å². The van der Waals surface area contributed by atoms with Gasteiger partial charge in [-0.25, -0.2) is 9.67 Å². The van der Waals surface area contributed by atoms with E-state index in [4.69, 9.17) is 0 Å². The molecule has 0 spiro atoms. The zero-order valence-corrected chi connectivity index (χ0v) is 11.6. The fourth-order valence-corrected chi connectivity index (χ4v) is 2.62. The largest absolute Gasteiger partial charge is 0.396 e. The highest BCUT2D eigenvalue weighted by Gasteiger charge is 2.35. The molecule has 1 unspecified atom stereocenters. The minimum atomic E-state index is -0.314. The average molecular weight is 266 g/mol. The van der Waals surface area contributed by atoms with E-state index < -0.39 is 0 Å². The number of carbonyl (C=O) groups excluding carboxylic acids is 1. The first-order chi connectivity index (χ1) is 9.12. The summed E-state index contributed by atoms with van der Waals surface area (Å²) in [7, 11) is 0. The third kappa shape index (κ3) is 2.78. The summed E-state index contributed by atoms with van der Waals surface area (Å²) in [4.78, 5) is 18.1. The van der Waals surface area contributed by atoms with E-state index >= 15 is 0 Å². The molecule has 1 aliphatic heterocycles. The highest BCUT2D eigenvalue weighted by molar-refractivity contribution is 5.80. The van der Waals surface area contributed by atoms with E-state index in [1.807, 2.05) is 11.8 Å². The SMILES string of the molecule is CCC1(CO)CCN(C(=O)C(C)n2cncn2)CC1. The van der Waals surface area contributed by atoms with E-state index in [-0.39, 0.29) is 24.0 Å². The Labute approximate surface area is 113 Å². The van der Waals surface area contributed by atoms with E-state index in [1.165, 1.54) is 6.33 Å². The van der Waals surface area contributed by atoms with Gasteiger partial charge in [0.15, 0.2) is 0 Å². The minimum absolute atomic E-state index is 0.00722. The summed E-state index contributed by atoms with van der Waals surface area (Å²) in [6.07, 6.45) is 5.71. The fraction of sp³-hybridized carbons (Fsp3) is 0.769. The number of likely N-dealkylation sites (tertiary alicyclic amines) is 1. The molecule has 1 aromatic heterocycles. The Bertz CT molecular complexity index is 404. The lowest BCUT2D eigenvalue weighted by Gasteiger charge is -2.40. The Hall–Kier alpha value is -1.43. The number of amides is 1. The number of hydrogen-bond acceptors (Lipinski definition) is 4. The molecule has 1 aliphatic rings. The third-order valence-electron chi connectivity index (χ3n) is 4.41. The number of carbonyl (C=O) groups is 1. The topological polar surface area (TPSA) is 71.2 Å². The molecule has 6 nitrogen and oxygen atoms in total. The monoisotopic (exact) mass is 266 g/mol. The molecule has 19 heavy (non-hydrogen) atoms. The first-order valence-electron chi connectivity index (χ1n) is 6.85. The molecule has 1 N–H and O–H groups in total. The standard InChI is InChI=1S/C13H22N4O2/c1-3-13(8-18)4-6-16(7-5-13)12(19)11(2)17-10-14-9-15-17/h9-11,18H,3-8H2,1-2H3. The Kier molecular flexibility index (Phi) is 4.19. The van der Waals surface area contributed by atoms with Gasteiger partial charge in [0.25, 0.3) is 0 Å². The van der Waals surface area contributed by atoms with Gasteiger partial charge in [0.05, 0.1) is 0 Å². The number of aliphatic hydroxyl groups is 1. The van der Waals surface area contributed by atoms with Gasteiger partial charge in [0.2, 0.25) is 5.91 Å². The summed E-state index contributed by atoms with van der Waals surface area (Å²) in [5.41, 5.74) is 0.00722. The second-order valence-corrected chi connectivity index (χ2v) is 5.39. The number of aliphatic hydroxyl groups excluding tert-OH is 1. The highest BCUT2D eigenvalue weighted by atomic mass is 16.3. The third-order valence-corrected chi connectivity index (χ3v) is 4.41. The van der Waals surface area contributed by atoms with Crippen molar-refractivity contribution in [1.82, 2.24) is 19.7 Å². The van der Waals surface area contributed by atoms with Crippen LogP contribution >= 0.6 is 0 Å². The summed E-state index contributed by atoms with van der Waals surface area (Å²) >= 11 is 0. The number of hydrogen-bond donors (Lipinski definition) is 1. The Balaban J connectivity index is 1.96. The maximum Gasteiger partial charge on any atom is 0.247 e. The van der Waals surface area contributed by atoms with Gasteiger partial charge in [-0.1, -0.05) is 6.92 Å². The van der Waals surface area contributed by atoms with E-state index in [1.54, 1.807) is 11.0 Å².